The molecular formula is C12H25AlO5. The fraction of sp³-hybridized carbons (Fsp3) is 0.833. The van der Waals surface area contributed by atoms with Gasteiger partial charge in [-0.05, 0) is 27.7 Å². The van der Waals surface area contributed by atoms with Gasteiger partial charge in [0, 0.05) is 6.42 Å². The lowest BCUT2D eigenvalue weighted by Crippen LogP contribution is -2.47. The van der Waals surface area contributed by atoms with Gasteiger partial charge in [-0.2, -0.15) is 0 Å². The average molecular weight is 276 g/mol. The lowest BCUT2D eigenvalue weighted by molar-refractivity contribution is -0.256. The van der Waals surface area contributed by atoms with E-state index in [2.05, 4.69) is 0 Å². The van der Waals surface area contributed by atoms with Crippen molar-refractivity contribution < 1.29 is 24.2 Å². The molecule has 6 heteroatoms. The van der Waals surface area contributed by atoms with Crippen LogP contribution in [0.15, 0.2) is 0 Å². The zero-order valence-corrected chi connectivity index (χ0v) is 11.1. The smallest absolute Gasteiger partial charge is 0.311 e. The Hall–Kier alpha value is -0.408. The van der Waals surface area contributed by atoms with E-state index in [0.29, 0.717) is 0 Å². The Morgan fingerprint density at radius 3 is 1.72 bits per heavy atom. The van der Waals surface area contributed by atoms with Crippen LogP contribution >= 0.6 is 0 Å². The lowest BCUT2D eigenvalue weighted by Gasteiger charge is -2.34. The molecule has 106 valence electrons. The molecule has 0 spiro atoms. The predicted molar refractivity (Wildman–Crippen MR) is 72.7 cm³/mol. The van der Waals surface area contributed by atoms with Crippen LogP contribution in [0.2, 0.25) is 0 Å². The van der Waals surface area contributed by atoms with Crippen LogP contribution in [0.3, 0.4) is 0 Å². The van der Waals surface area contributed by atoms with Gasteiger partial charge in [0.25, 0.3) is 0 Å². The summed E-state index contributed by atoms with van der Waals surface area (Å²) in [5, 5.41) is 8.68. The van der Waals surface area contributed by atoms with Gasteiger partial charge in [0.15, 0.2) is 17.4 Å². The molecule has 0 rings (SSSR count). The largest absolute Gasteiger partial charge is 0.481 e. The van der Waals surface area contributed by atoms with Crippen molar-refractivity contribution in [2.75, 3.05) is 0 Å². The maximum absolute atomic E-state index is 11.9. The van der Waals surface area contributed by atoms with Crippen molar-refractivity contribution in [3.05, 3.63) is 0 Å². The summed E-state index contributed by atoms with van der Waals surface area (Å²) in [5.41, 5.74) is 0. The summed E-state index contributed by atoms with van der Waals surface area (Å²) in [6.07, 6.45) is -0.735. The number of aliphatic carboxylic acids is 1. The van der Waals surface area contributed by atoms with E-state index in [0.717, 1.165) is 0 Å². The SMILES string of the molecule is CCC(OC(C)C)(OC(C)C)C(=O)CC(=O)O.[AlH3]. The van der Waals surface area contributed by atoms with Gasteiger partial charge < -0.3 is 14.6 Å². The van der Waals surface area contributed by atoms with E-state index >= 15 is 0 Å². The van der Waals surface area contributed by atoms with Gasteiger partial charge in [-0.1, -0.05) is 6.92 Å². The zero-order valence-electron chi connectivity index (χ0n) is 11.1. The first kappa shape index (κ1) is 19.9. The third-order valence-electron chi connectivity index (χ3n) is 2.05. The van der Waals surface area contributed by atoms with Crippen molar-refractivity contribution in [3.8, 4) is 0 Å². The topological polar surface area (TPSA) is 72.8 Å². The molecule has 0 aromatic rings. The average Bonchev–Trinajstić information content (AvgIpc) is 2.13. The summed E-state index contributed by atoms with van der Waals surface area (Å²) in [5.74, 6) is -3.16. The zero-order chi connectivity index (χ0) is 13.6. The molecular weight excluding hydrogens is 251 g/mol. The molecule has 0 saturated heterocycles. The maximum Gasteiger partial charge on any atom is 0.311 e. The van der Waals surface area contributed by atoms with E-state index in [1.807, 2.05) is 0 Å². The third-order valence-corrected chi connectivity index (χ3v) is 2.05. The summed E-state index contributed by atoms with van der Waals surface area (Å²) in [7, 11) is 0. The van der Waals surface area contributed by atoms with E-state index in [4.69, 9.17) is 14.6 Å². The summed E-state index contributed by atoms with van der Waals surface area (Å²) in [6.45, 7) is 8.86. The van der Waals surface area contributed by atoms with Crippen LogP contribution < -0.4 is 0 Å². The third kappa shape index (κ3) is 6.50. The normalized spacial score (nSPS) is 11.5. The van der Waals surface area contributed by atoms with E-state index < -0.39 is 24.0 Å². The molecule has 0 amide bonds. The maximum atomic E-state index is 11.9. The first-order valence-corrected chi connectivity index (χ1v) is 5.84. The molecule has 1 N–H and O–H groups in total. The highest BCUT2D eigenvalue weighted by molar-refractivity contribution is 5.98. The summed E-state index contributed by atoms with van der Waals surface area (Å²) in [4.78, 5) is 22.6. The number of carbonyl (C=O) groups excluding carboxylic acids is 1. The lowest BCUT2D eigenvalue weighted by atomic mass is 10.0. The molecule has 0 bridgehead atoms. The first-order chi connectivity index (χ1) is 7.73. The van der Waals surface area contributed by atoms with Crippen LogP contribution in [0.25, 0.3) is 0 Å². The molecule has 0 unspecified atom stereocenters. The Bertz CT molecular complexity index is 266. The van der Waals surface area contributed by atoms with Gasteiger partial charge in [-0.15, -0.1) is 0 Å². The fourth-order valence-electron chi connectivity index (χ4n) is 1.56. The van der Waals surface area contributed by atoms with Gasteiger partial charge in [0.2, 0.25) is 11.6 Å². The minimum atomic E-state index is -1.44. The monoisotopic (exact) mass is 276 g/mol. The first-order valence-electron chi connectivity index (χ1n) is 5.84. The van der Waals surface area contributed by atoms with E-state index in [1.54, 1.807) is 34.6 Å². The molecule has 5 nitrogen and oxygen atoms in total. The Balaban J connectivity index is 0. The molecule has 18 heavy (non-hydrogen) atoms. The molecule has 0 aromatic heterocycles. The number of carboxylic acids is 1. The van der Waals surface area contributed by atoms with E-state index in [1.165, 1.54) is 0 Å². The van der Waals surface area contributed by atoms with Crippen LogP contribution in [0.5, 0.6) is 0 Å². The van der Waals surface area contributed by atoms with Gasteiger partial charge in [0.05, 0.1) is 12.2 Å². The fourth-order valence-corrected chi connectivity index (χ4v) is 1.56. The predicted octanol–water partition coefficient (Wildman–Crippen LogP) is 0.803. The molecule has 0 aliphatic carbocycles. The Morgan fingerprint density at radius 2 is 1.50 bits per heavy atom. The highest BCUT2D eigenvalue weighted by atomic mass is 27.0. The number of carbonyl (C=O) groups is 2. The second-order valence-corrected chi connectivity index (χ2v) is 4.43. The Morgan fingerprint density at radius 1 is 1.11 bits per heavy atom. The number of ether oxygens (including phenoxy) is 2. The number of hydrogen-bond acceptors (Lipinski definition) is 4. The van der Waals surface area contributed by atoms with Crippen molar-refractivity contribution >= 4 is 29.1 Å². The molecule has 0 aromatic carbocycles. The van der Waals surface area contributed by atoms with Gasteiger partial charge >= 0.3 is 5.97 Å². The highest BCUT2D eigenvalue weighted by Crippen LogP contribution is 2.25. The molecule has 0 saturated carbocycles. The van der Waals surface area contributed by atoms with E-state index in [-0.39, 0.29) is 36.0 Å². The standard InChI is InChI=1S/C12H22O5.Al.3H/c1-6-12(16-8(2)3,17-9(4)5)10(13)7-11(14)15;;;;/h8-9H,6-7H2,1-5H3,(H,14,15);;;;. The molecule has 0 atom stereocenters. The van der Waals surface area contributed by atoms with Crippen LogP contribution in [-0.2, 0) is 19.1 Å². The second kappa shape index (κ2) is 8.65. The van der Waals surface area contributed by atoms with Gasteiger partial charge in [-0.25, -0.2) is 0 Å². The number of Topliss-reactive ketones (excluding diaryl/α,β-unsaturated/α-hetero) is 1. The Labute approximate surface area is 119 Å². The van der Waals surface area contributed by atoms with Gasteiger partial charge in [0.1, 0.15) is 6.42 Å². The molecule has 0 aliphatic heterocycles. The number of ketones is 1. The van der Waals surface area contributed by atoms with Gasteiger partial charge in [-0.3, -0.25) is 9.59 Å². The van der Waals surface area contributed by atoms with Crippen LogP contribution in [-0.4, -0.2) is 52.2 Å². The summed E-state index contributed by atoms with van der Waals surface area (Å²) >= 11 is 0. The molecule has 0 aliphatic rings. The van der Waals surface area contributed by atoms with Crippen LogP contribution in [0, 0.1) is 0 Å². The number of rotatable bonds is 8. The highest BCUT2D eigenvalue weighted by Gasteiger charge is 2.41. The minimum Gasteiger partial charge on any atom is -0.481 e. The minimum absolute atomic E-state index is 0. The number of carboxylic acid groups (broad SMARTS) is 1. The van der Waals surface area contributed by atoms with Crippen LogP contribution in [0.1, 0.15) is 47.5 Å². The van der Waals surface area contributed by atoms with Crippen molar-refractivity contribution in [2.24, 2.45) is 0 Å². The molecule has 0 heterocycles. The summed E-state index contributed by atoms with van der Waals surface area (Å²) in [6, 6.07) is 0. The molecule has 0 radical (unpaired) electrons. The van der Waals surface area contributed by atoms with Crippen molar-refractivity contribution in [1.29, 1.82) is 0 Å². The quantitative estimate of drug-likeness (QED) is 0.403. The van der Waals surface area contributed by atoms with Crippen molar-refractivity contribution in [1.82, 2.24) is 0 Å². The van der Waals surface area contributed by atoms with Crippen LogP contribution in [0.4, 0.5) is 0 Å². The van der Waals surface area contributed by atoms with Crippen molar-refractivity contribution in [2.45, 2.75) is 65.5 Å². The number of hydrogen-bond donors (Lipinski definition) is 1. The van der Waals surface area contributed by atoms with Crippen molar-refractivity contribution in [3.63, 3.8) is 0 Å². The van der Waals surface area contributed by atoms with E-state index in [9.17, 15) is 9.59 Å². The second-order valence-electron chi connectivity index (χ2n) is 4.43. The Kier molecular flexibility index (Phi) is 9.58. The summed E-state index contributed by atoms with van der Waals surface area (Å²) < 4.78 is 11.1. The molecule has 0 fully saturated rings.